The van der Waals surface area contributed by atoms with Crippen LogP contribution in [0.15, 0.2) is 41.7 Å². The Bertz CT molecular complexity index is 875. The number of thioether (sulfide) groups is 1. The van der Waals surface area contributed by atoms with Crippen molar-refractivity contribution in [2.75, 3.05) is 18.8 Å². The summed E-state index contributed by atoms with van der Waals surface area (Å²) in [6.45, 7) is 1.76. The summed E-state index contributed by atoms with van der Waals surface area (Å²) in [4.78, 5) is 18.3. The molecule has 8 heteroatoms. The molecule has 0 atom stereocenters. The van der Waals surface area contributed by atoms with Gasteiger partial charge >= 0.3 is 0 Å². The van der Waals surface area contributed by atoms with Crippen LogP contribution >= 0.6 is 11.8 Å². The standard InChI is InChI=1S/C17H18N6OS/c24-16(22-10-2-1-3-11-22)12-25-15-5-4-14-19-20-17(23(14)21-15)13-6-8-18-9-7-13/h4-9H,1-3,10-12H2. The highest BCUT2D eigenvalue weighted by Crippen LogP contribution is 2.21. The third-order valence-corrected chi connectivity index (χ3v) is 5.13. The Morgan fingerprint density at radius 1 is 1.04 bits per heavy atom. The number of pyridine rings is 1. The molecular weight excluding hydrogens is 336 g/mol. The van der Waals surface area contributed by atoms with Crippen molar-refractivity contribution in [2.45, 2.75) is 24.3 Å². The summed E-state index contributed by atoms with van der Waals surface area (Å²) in [5.41, 5.74) is 1.58. The molecule has 1 saturated heterocycles. The van der Waals surface area contributed by atoms with E-state index in [0.717, 1.165) is 36.5 Å². The molecule has 1 aliphatic heterocycles. The molecule has 1 fully saturated rings. The SMILES string of the molecule is O=C(CSc1ccc2nnc(-c3ccncc3)n2n1)N1CCCCC1. The van der Waals surface area contributed by atoms with Crippen LogP contribution in [0.5, 0.6) is 0 Å². The number of hydrogen-bond donors (Lipinski definition) is 0. The predicted octanol–water partition coefficient (Wildman–Crippen LogP) is 2.29. The molecule has 1 amide bonds. The van der Waals surface area contributed by atoms with Gasteiger partial charge in [-0.05, 0) is 43.5 Å². The molecule has 0 aromatic carbocycles. The fraction of sp³-hybridized carbons (Fsp3) is 0.353. The first kappa shape index (κ1) is 16.0. The molecule has 0 N–H and O–H groups in total. The third-order valence-electron chi connectivity index (χ3n) is 4.23. The highest BCUT2D eigenvalue weighted by atomic mass is 32.2. The van der Waals surface area contributed by atoms with E-state index >= 15 is 0 Å². The second kappa shape index (κ2) is 7.18. The van der Waals surface area contributed by atoms with Crippen LogP contribution in [0.25, 0.3) is 17.0 Å². The molecule has 25 heavy (non-hydrogen) atoms. The smallest absolute Gasteiger partial charge is 0.232 e. The fourth-order valence-corrected chi connectivity index (χ4v) is 3.66. The fourth-order valence-electron chi connectivity index (χ4n) is 2.90. The van der Waals surface area contributed by atoms with Crippen molar-refractivity contribution >= 4 is 23.3 Å². The number of carbonyl (C=O) groups excluding carboxylic acids is 1. The molecule has 128 valence electrons. The number of fused-ring (bicyclic) bond motifs is 1. The van der Waals surface area contributed by atoms with Crippen LogP contribution in [-0.4, -0.2) is 54.4 Å². The molecule has 7 nitrogen and oxygen atoms in total. The zero-order valence-corrected chi connectivity index (χ0v) is 14.5. The molecule has 0 spiro atoms. The summed E-state index contributed by atoms with van der Waals surface area (Å²) in [7, 11) is 0. The number of rotatable bonds is 4. The average Bonchev–Trinajstić information content (AvgIpc) is 3.10. The molecule has 3 aromatic heterocycles. The van der Waals surface area contributed by atoms with Gasteiger partial charge in [-0.2, -0.15) is 9.61 Å². The molecule has 0 radical (unpaired) electrons. The molecule has 4 rings (SSSR count). The molecular formula is C17H18N6OS. The minimum Gasteiger partial charge on any atom is -0.342 e. The van der Waals surface area contributed by atoms with E-state index in [9.17, 15) is 4.79 Å². The van der Waals surface area contributed by atoms with Crippen LogP contribution in [0, 0.1) is 0 Å². The Balaban J connectivity index is 1.52. The number of carbonyl (C=O) groups is 1. The van der Waals surface area contributed by atoms with Crippen molar-refractivity contribution in [1.82, 2.24) is 29.7 Å². The van der Waals surface area contributed by atoms with Gasteiger partial charge in [0.25, 0.3) is 0 Å². The van der Waals surface area contributed by atoms with E-state index in [1.165, 1.54) is 18.2 Å². The number of aromatic nitrogens is 5. The Kier molecular flexibility index (Phi) is 4.60. The van der Waals surface area contributed by atoms with Crippen LogP contribution in [0.3, 0.4) is 0 Å². The first-order chi connectivity index (χ1) is 12.3. The van der Waals surface area contributed by atoms with Crippen molar-refractivity contribution < 1.29 is 4.79 Å². The number of hydrogen-bond acceptors (Lipinski definition) is 6. The Hall–Kier alpha value is -2.48. The molecule has 0 saturated carbocycles. The van der Waals surface area contributed by atoms with E-state index in [1.54, 1.807) is 16.9 Å². The minimum atomic E-state index is 0.185. The molecule has 4 heterocycles. The monoisotopic (exact) mass is 354 g/mol. The minimum absolute atomic E-state index is 0.185. The van der Waals surface area contributed by atoms with Crippen molar-refractivity contribution in [3.63, 3.8) is 0 Å². The van der Waals surface area contributed by atoms with E-state index in [4.69, 9.17) is 0 Å². The van der Waals surface area contributed by atoms with Gasteiger partial charge in [0.15, 0.2) is 11.5 Å². The predicted molar refractivity (Wildman–Crippen MR) is 95.2 cm³/mol. The molecule has 0 bridgehead atoms. The summed E-state index contributed by atoms with van der Waals surface area (Å²) in [5.74, 6) is 1.26. The van der Waals surface area contributed by atoms with Crippen LogP contribution < -0.4 is 0 Å². The van der Waals surface area contributed by atoms with Gasteiger partial charge in [0.1, 0.15) is 5.03 Å². The van der Waals surface area contributed by atoms with Crippen molar-refractivity contribution in [3.8, 4) is 11.4 Å². The van der Waals surface area contributed by atoms with Crippen LogP contribution in [-0.2, 0) is 4.79 Å². The summed E-state index contributed by atoms with van der Waals surface area (Å²) in [6.07, 6.45) is 6.87. The molecule has 0 unspecified atom stereocenters. The Morgan fingerprint density at radius 3 is 2.64 bits per heavy atom. The van der Waals surface area contributed by atoms with Gasteiger partial charge in [-0.25, -0.2) is 0 Å². The number of amides is 1. The van der Waals surface area contributed by atoms with E-state index in [1.807, 2.05) is 29.2 Å². The van der Waals surface area contributed by atoms with Gasteiger partial charge in [-0.1, -0.05) is 11.8 Å². The maximum absolute atomic E-state index is 12.3. The van der Waals surface area contributed by atoms with Gasteiger partial charge in [0, 0.05) is 31.0 Å². The normalized spacial score (nSPS) is 14.8. The van der Waals surface area contributed by atoms with Crippen LogP contribution in [0.4, 0.5) is 0 Å². The van der Waals surface area contributed by atoms with Crippen LogP contribution in [0.1, 0.15) is 19.3 Å². The lowest BCUT2D eigenvalue weighted by Crippen LogP contribution is -2.36. The third kappa shape index (κ3) is 3.48. The first-order valence-electron chi connectivity index (χ1n) is 8.35. The zero-order valence-electron chi connectivity index (χ0n) is 13.7. The number of piperidine rings is 1. The summed E-state index contributed by atoms with van der Waals surface area (Å²) in [5, 5.41) is 13.7. The molecule has 0 aliphatic carbocycles. The Morgan fingerprint density at radius 2 is 1.84 bits per heavy atom. The summed E-state index contributed by atoms with van der Waals surface area (Å²) < 4.78 is 1.71. The average molecular weight is 354 g/mol. The van der Waals surface area contributed by atoms with Crippen LogP contribution in [0.2, 0.25) is 0 Å². The lowest BCUT2D eigenvalue weighted by atomic mass is 10.1. The first-order valence-corrected chi connectivity index (χ1v) is 9.33. The van der Waals surface area contributed by atoms with E-state index < -0.39 is 0 Å². The van der Waals surface area contributed by atoms with Gasteiger partial charge in [0.2, 0.25) is 5.91 Å². The lowest BCUT2D eigenvalue weighted by molar-refractivity contribution is -0.129. The number of nitrogens with zero attached hydrogens (tertiary/aromatic N) is 6. The van der Waals surface area contributed by atoms with Gasteiger partial charge < -0.3 is 4.90 Å². The van der Waals surface area contributed by atoms with Crippen molar-refractivity contribution in [2.24, 2.45) is 0 Å². The van der Waals surface area contributed by atoms with E-state index in [-0.39, 0.29) is 5.91 Å². The molecule has 1 aliphatic rings. The summed E-state index contributed by atoms with van der Waals surface area (Å²) >= 11 is 1.45. The van der Waals surface area contributed by atoms with Gasteiger partial charge in [-0.15, -0.1) is 10.2 Å². The zero-order chi connectivity index (χ0) is 17.1. The second-order valence-corrected chi connectivity index (χ2v) is 6.93. The quantitative estimate of drug-likeness (QED) is 0.669. The lowest BCUT2D eigenvalue weighted by Gasteiger charge is -2.26. The highest BCUT2D eigenvalue weighted by Gasteiger charge is 2.17. The highest BCUT2D eigenvalue weighted by molar-refractivity contribution is 7.99. The van der Waals surface area contributed by atoms with Gasteiger partial charge in [-0.3, -0.25) is 9.78 Å². The maximum atomic E-state index is 12.3. The second-order valence-electron chi connectivity index (χ2n) is 5.93. The van der Waals surface area contributed by atoms with E-state index in [2.05, 4.69) is 20.3 Å². The maximum Gasteiger partial charge on any atom is 0.232 e. The summed E-state index contributed by atoms with van der Waals surface area (Å²) in [6, 6.07) is 7.50. The van der Waals surface area contributed by atoms with Crippen molar-refractivity contribution in [3.05, 3.63) is 36.7 Å². The Labute approximate surface area is 149 Å². The largest absolute Gasteiger partial charge is 0.342 e. The number of likely N-dealkylation sites (tertiary alicyclic amines) is 1. The molecule has 3 aromatic rings. The topological polar surface area (TPSA) is 76.3 Å². The van der Waals surface area contributed by atoms with Crippen molar-refractivity contribution in [1.29, 1.82) is 0 Å². The van der Waals surface area contributed by atoms with Gasteiger partial charge in [0.05, 0.1) is 5.75 Å². The van der Waals surface area contributed by atoms with E-state index in [0.29, 0.717) is 17.2 Å².